The number of nitrogens with zero attached hydrogens (tertiary/aromatic N) is 3. The van der Waals surface area contributed by atoms with Gasteiger partial charge in [-0.25, -0.2) is 4.98 Å². The van der Waals surface area contributed by atoms with Crippen LogP contribution in [0.1, 0.15) is 51.4 Å². The third kappa shape index (κ3) is 4.54. The molecule has 0 bridgehead atoms. The highest BCUT2D eigenvalue weighted by Gasteiger charge is 2.27. The molecule has 2 aromatic carbocycles. The SMILES string of the molecule is COc1cc2c(cc1Nc1ncc(C(N)=O)c(Nc3ccc(C)cc3C3CC3)n1)CN(C)CC2. The Labute approximate surface area is 199 Å². The van der Waals surface area contributed by atoms with Crippen molar-refractivity contribution in [1.82, 2.24) is 14.9 Å². The predicted octanol–water partition coefficient (Wildman–Crippen LogP) is 4.25. The second-order valence-corrected chi connectivity index (χ2v) is 9.24. The fourth-order valence-corrected chi connectivity index (χ4v) is 4.49. The number of fused-ring (bicyclic) bond motifs is 1. The molecule has 1 amide bonds. The van der Waals surface area contributed by atoms with Crippen LogP contribution >= 0.6 is 0 Å². The Hall–Kier alpha value is -3.65. The minimum Gasteiger partial charge on any atom is -0.495 e. The van der Waals surface area contributed by atoms with Crippen LogP contribution in [0.5, 0.6) is 5.75 Å². The molecule has 1 fully saturated rings. The number of nitrogens with one attached hydrogen (secondary N) is 2. The Morgan fingerprint density at radius 2 is 1.97 bits per heavy atom. The smallest absolute Gasteiger partial charge is 0.254 e. The van der Waals surface area contributed by atoms with E-state index in [4.69, 9.17) is 10.5 Å². The summed E-state index contributed by atoms with van der Waals surface area (Å²) < 4.78 is 5.64. The standard InChI is InChI=1S/C26H30N6O2/c1-15-4-7-21(19(10-15)16-5-6-16)29-25-20(24(27)33)13-28-26(31-25)30-22-11-18-14-32(2)9-8-17(18)12-23(22)34-3/h4,7,10-13,16H,5-6,8-9,14H2,1-3H3,(H2,27,33)(H2,28,29,30,31). The zero-order chi connectivity index (χ0) is 23.8. The molecule has 1 saturated carbocycles. The number of likely N-dealkylation sites (N-methyl/N-ethyl adjacent to an activating group) is 1. The van der Waals surface area contributed by atoms with E-state index < -0.39 is 5.91 Å². The molecule has 1 aromatic heterocycles. The van der Waals surface area contributed by atoms with Crippen molar-refractivity contribution in [3.05, 3.63) is 64.3 Å². The molecule has 5 rings (SSSR count). The molecule has 2 heterocycles. The summed E-state index contributed by atoms with van der Waals surface area (Å²) in [4.78, 5) is 23.4. The summed E-state index contributed by atoms with van der Waals surface area (Å²) in [6.07, 6.45) is 4.79. The molecule has 0 atom stereocenters. The number of rotatable bonds is 7. The number of nitrogens with two attached hydrogens (primary N) is 1. The van der Waals surface area contributed by atoms with E-state index >= 15 is 0 Å². The van der Waals surface area contributed by atoms with Crippen molar-refractivity contribution in [3.8, 4) is 5.75 Å². The number of carbonyl (C=O) groups excluding carboxylic acids is 1. The number of benzene rings is 2. The Morgan fingerprint density at radius 1 is 1.15 bits per heavy atom. The van der Waals surface area contributed by atoms with Crippen LogP contribution in [0, 0.1) is 6.92 Å². The van der Waals surface area contributed by atoms with Crippen LogP contribution in [0.4, 0.5) is 23.1 Å². The molecule has 8 heteroatoms. The molecule has 176 valence electrons. The molecular weight excluding hydrogens is 428 g/mol. The lowest BCUT2D eigenvalue weighted by atomic mass is 9.99. The molecule has 1 aliphatic carbocycles. The van der Waals surface area contributed by atoms with E-state index in [9.17, 15) is 4.79 Å². The van der Waals surface area contributed by atoms with Gasteiger partial charge < -0.3 is 26.0 Å². The molecule has 0 unspecified atom stereocenters. The fourth-order valence-electron chi connectivity index (χ4n) is 4.49. The monoisotopic (exact) mass is 458 g/mol. The van der Waals surface area contributed by atoms with Crippen molar-refractivity contribution in [2.24, 2.45) is 5.73 Å². The molecule has 4 N–H and O–H groups in total. The fraction of sp³-hybridized carbons (Fsp3) is 0.346. The topological polar surface area (TPSA) is 105 Å². The van der Waals surface area contributed by atoms with E-state index in [0.717, 1.165) is 36.6 Å². The van der Waals surface area contributed by atoms with Crippen molar-refractivity contribution in [2.75, 3.05) is 31.3 Å². The van der Waals surface area contributed by atoms with Crippen LogP contribution in [0.2, 0.25) is 0 Å². The maximum atomic E-state index is 12.1. The van der Waals surface area contributed by atoms with Crippen molar-refractivity contribution >= 4 is 29.0 Å². The molecule has 1 aliphatic heterocycles. The summed E-state index contributed by atoms with van der Waals surface area (Å²) in [7, 11) is 3.77. The van der Waals surface area contributed by atoms with Gasteiger partial charge in [-0.1, -0.05) is 17.7 Å². The molecule has 34 heavy (non-hydrogen) atoms. The Kier molecular flexibility index (Phi) is 5.83. The molecule has 2 aliphatic rings. The van der Waals surface area contributed by atoms with E-state index in [0.29, 0.717) is 17.7 Å². The number of aryl methyl sites for hydroxylation is 1. The molecule has 0 radical (unpaired) electrons. The van der Waals surface area contributed by atoms with Gasteiger partial charge >= 0.3 is 0 Å². The highest BCUT2D eigenvalue weighted by Crippen LogP contribution is 2.44. The normalized spacial score (nSPS) is 15.5. The van der Waals surface area contributed by atoms with Gasteiger partial charge in [0.1, 0.15) is 17.1 Å². The van der Waals surface area contributed by atoms with Crippen molar-refractivity contribution in [3.63, 3.8) is 0 Å². The lowest BCUT2D eigenvalue weighted by Gasteiger charge is -2.26. The van der Waals surface area contributed by atoms with Gasteiger partial charge in [0.05, 0.1) is 12.8 Å². The lowest BCUT2D eigenvalue weighted by Crippen LogP contribution is -2.26. The van der Waals surface area contributed by atoms with Crippen LogP contribution < -0.4 is 21.1 Å². The quantitative estimate of drug-likeness (QED) is 0.486. The van der Waals surface area contributed by atoms with Crippen LogP contribution in [0.25, 0.3) is 0 Å². The van der Waals surface area contributed by atoms with Gasteiger partial charge in [-0.3, -0.25) is 4.79 Å². The minimum atomic E-state index is -0.580. The van der Waals surface area contributed by atoms with Crippen LogP contribution in [0.15, 0.2) is 36.5 Å². The Morgan fingerprint density at radius 3 is 2.71 bits per heavy atom. The van der Waals surface area contributed by atoms with Gasteiger partial charge in [-0.15, -0.1) is 0 Å². The first-order valence-electron chi connectivity index (χ1n) is 11.6. The summed E-state index contributed by atoms with van der Waals surface area (Å²) in [5.41, 5.74) is 12.6. The molecule has 8 nitrogen and oxygen atoms in total. The minimum absolute atomic E-state index is 0.243. The first-order valence-corrected chi connectivity index (χ1v) is 11.6. The number of ether oxygens (including phenoxy) is 1. The van der Waals surface area contributed by atoms with Gasteiger partial charge in [0, 0.05) is 25.0 Å². The van der Waals surface area contributed by atoms with Crippen LogP contribution in [-0.2, 0) is 13.0 Å². The number of methoxy groups -OCH3 is 1. The molecule has 0 saturated heterocycles. The number of primary amides is 1. The number of amides is 1. The Balaban J connectivity index is 1.48. The van der Waals surface area contributed by atoms with Gasteiger partial charge in [0.25, 0.3) is 5.91 Å². The third-order valence-corrected chi connectivity index (χ3v) is 6.50. The molecule has 0 spiro atoms. The molecule has 3 aromatic rings. The number of carbonyl (C=O) groups is 1. The first-order chi connectivity index (χ1) is 16.4. The van der Waals surface area contributed by atoms with E-state index in [1.165, 1.54) is 41.3 Å². The summed E-state index contributed by atoms with van der Waals surface area (Å²) in [6.45, 7) is 3.98. The van der Waals surface area contributed by atoms with E-state index in [2.05, 4.69) is 57.7 Å². The van der Waals surface area contributed by atoms with Crippen LogP contribution in [-0.4, -0.2) is 41.5 Å². The predicted molar refractivity (Wildman–Crippen MR) is 133 cm³/mol. The second-order valence-electron chi connectivity index (χ2n) is 9.24. The maximum Gasteiger partial charge on any atom is 0.254 e. The van der Waals surface area contributed by atoms with E-state index in [1.54, 1.807) is 7.11 Å². The van der Waals surface area contributed by atoms with Gasteiger partial charge in [-0.2, -0.15) is 4.98 Å². The average Bonchev–Trinajstić information content (AvgIpc) is 3.65. The first kappa shape index (κ1) is 22.2. The van der Waals surface area contributed by atoms with Crippen molar-refractivity contribution < 1.29 is 9.53 Å². The number of hydrogen-bond acceptors (Lipinski definition) is 7. The van der Waals surface area contributed by atoms with E-state index in [-0.39, 0.29) is 5.56 Å². The summed E-state index contributed by atoms with van der Waals surface area (Å²) in [5.74, 6) is 1.43. The van der Waals surface area contributed by atoms with Gasteiger partial charge in [0.15, 0.2) is 0 Å². The van der Waals surface area contributed by atoms with Crippen molar-refractivity contribution in [1.29, 1.82) is 0 Å². The van der Waals surface area contributed by atoms with Gasteiger partial charge in [0.2, 0.25) is 5.95 Å². The lowest BCUT2D eigenvalue weighted by molar-refractivity contribution is 0.100. The summed E-state index contributed by atoms with van der Waals surface area (Å²) in [6, 6.07) is 10.4. The average molecular weight is 459 g/mol. The highest BCUT2D eigenvalue weighted by atomic mass is 16.5. The third-order valence-electron chi connectivity index (χ3n) is 6.50. The number of aromatic nitrogens is 2. The number of hydrogen-bond donors (Lipinski definition) is 3. The van der Waals surface area contributed by atoms with Crippen molar-refractivity contribution in [2.45, 2.75) is 38.6 Å². The van der Waals surface area contributed by atoms with Gasteiger partial charge in [-0.05, 0) is 74.0 Å². The van der Waals surface area contributed by atoms with Crippen LogP contribution in [0.3, 0.4) is 0 Å². The summed E-state index contributed by atoms with van der Waals surface area (Å²) in [5, 5.41) is 6.63. The second kappa shape index (κ2) is 8.95. The largest absolute Gasteiger partial charge is 0.495 e. The highest BCUT2D eigenvalue weighted by molar-refractivity contribution is 5.98. The summed E-state index contributed by atoms with van der Waals surface area (Å²) >= 11 is 0. The Bertz CT molecular complexity index is 1250. The molecular formula is C26H30N6O2. The number of anilines is 4. The maximum absolute atomic E-state index is 12.1. The van der Waals surface area contributed by atoms with E-state index in [1.807, 2.05) is 12.1 Å². The zero-order valence-corrected chi connectivity index (χ0v) is 19.8. The zero-order valence-electron chi connectivity index (χ0n) is 19.8.